The SMILES string of the molecule is COc1ccccc1N1N=C(C(=O)O)CC1c1ccccc1. The molecule has 0 radical (unpaired) electrons. The molecule has 2 aromatic carbocycles. The number of rotatable bonds is 4. The van der Waals surface area contributed by atoms with Gasteiger partial charge in [-0.3, -0.25) is 5.01 Å². The molecule has 1 atom stereocenters. The maximum absolute atomic E-state index is 11.3. The molecule has 1 heterocycles. The van der Waals surface area contributed by atoms with Crippen molar-refractivity contribution in [1.29, 1.82) is 0 Å². The molecule has 0 bridgehead atoms. The van der Waals surface area contributed by atoms with Crippen LogP contribution in [0.15, 0.2) is 59.7 Å². The third-order valence-corrected chi connectivity index (χ3v) is 3.67. The highest BCUT2D eigenvalue weighted by atomic mass is 16.5. The number of nitrogens with zero attached hydrogens (tertiary/aromatic N) is 2. The van der Waals surface area contributed by atoms with Crippen molar-refractivity contribution < 1.29 is 14.6 Å². The summed E-state index contributed by atoms with van der Waals surface area (Å²) in [5.41, 5.74) is 1.93. The zero-order valence-corrected chi connectivity index (χ0v) is 12.1. The quantitative estimate of drug-likeness (QED) is 0.941. The number of hydrogen-bond donors (Lipinski definition) is 1. The number of hydrazone groups is 1. The Morgan fingerprint density at radius 3 is 2.55 bits per heavy atom. The van der Waals surface area contributed by atoms with E-state index in [1.807, 2.05) is 54.6 Å². The molecule has 0 amide bonds. The van der Waals surface area contributed by atoms with E-state index in [0.717, 1.165) is 11.3 Å². The number of hydrogen-bond acceptors (Lipinski definition) is 4. The van der Waals surface area contributed by atoms with Crippen molar-refractivity contribution in [2.45, 2.75) is 12.5 Å². The van der Waals surface area contributed by atoms with Gasteiger partial charge in [-0.2, -0.15) is 5.10 Å². The first-order chi connectivity index (χ1) is 10.7. The molecule has 5 heteroatoms. The first-order valence-electron chi connectivity index (χ1n) is 6.98. The van der Waals surface area contributed by atoms with Gasteiger partial charge in [0, 0.05) is 6.42 Å². The summed E-state index contributed by atoms with van der Waals surface area (Å²) in [6, 6.07) is 17.1. The Hall–Kier alpha value is -2.82. The molecule has 1 unspecified atom stereocenters. The van der Waals surface area contributed by atoms with E-state index in [0.29, 0.717) is 12.2 Å². The number of aliphatic carboxylic acids is 1. The average Bonchev–Trinajstić information content (AvgIpc) is 3.01. The number of methoxy groups -OCH3 is 1. The molecule has 1 aliphatic heterocycles. The van der Waals surface area contributed by atoms with Crippen LogP contribution < -0.4 is 9.75 Å². The standard InChI is InChI=1S/C17H16N2O3/c1-22-16-10-6-5-9-14(16)19-15(11-13(18-19)17(20)21)12-7-3-2-4-8-12/h2-10,15H,11H2,1H3,(H,20,21). The molecular formula is C17H16N2O3. The van der Waals surface area contributed by atoms with Gasteiger partial charge >= 0.3 is 5.97 Å². The van der Waals surface area contributed by atoms with Crippen LogP contribution in [0.2, 0.25) is 0 Å². The maximum Gasteiger partial charge on any atom is 0.352 e. The summed E-state index contributed by atoms with van der Waals surface area (Å²) in [5, 5.41) is 15.3. The van der Waals surface area contributed by atoms with Crippen molar-refractivity contribution in [2.24, 2.45) is 5.10 Å². The molecule has 22 heavy (non-hydrogen) atoms. The number of ether oxygens (including phenoxy) is 1. The second-order valence-electron chi connectivity index (χ2n) is 5.00. The van der Waals surface area contributed by atoms with E-state index in [1.165, 1.54) is 0 Å². The highest BCUT2D eigenvalue weighted by Crippen LogP contribution is 2.39. The van der Waals surface area contributed by atoms with Crippen LogP contribution in [0.25, 0.3) is 0 Å². The van der Waals surface area contributed by atoms with Crippen molar-refractivity contribution in [3.63, 3.8) is 0 Å². The second kappa shape index (κ2) is 5.89. The average molecular weight is 296 g/mol. The van der Waals surface area contributed by atoms with Gasteiger partial charge in [-0.1, -0.05) is 42.5 Å². The molecule has 0 aliphatic carbocycles. The first-order valence-corrected chi connectivity index (χ1v) is 6.98. The Morgan fingerprint density at radius 1 is 1.18 bits per heavy atom. The van der Waals surface area contributed by atoms with Gasteiger partial charge in [0.25, 0.3) is 0 Å². The highest BCUT2D eigenvalue weighted by Gasteiger charge is 2.33. The summed E-state index contributed by atoms with van der Waals surface area (Å²) in [6.07, 6.45) is 0.359. The smallest absolute Gasteiger partial charge is 0.352 e. The van der Waals surface area contributed by atoms with Gasteiger partial charge in [0.05, 0.1) is 13.2 Å². The summed E-state index contributed by atoms with van der Waals surface area (Å²) in [4.78, 5) is 11.3. The molecule has 0 spiro atoms. The fourth-order valence-corrected chi connectivity index (χ4v) is 2.62. The molecule has 5 nitrogen and oxygen atoms in total. The van der Waals surface area contributed by atoms with Gasteiger partial charge in [0.1, 0.15) is 17.1 Å². The Labute approximate surface area is 128 Å². The molecule has 0 saturated heterocycles. The fourth-order valence-electron chi connectivity index (χ4n) is 2.62. The van der Waals surface area contributed by atoms with Crippen molar-refractivity contribution >= 4 is 17.4 Å². The molecule has 0 aromatic heterocycles. The van der Waals surface area contributed by atoms with E-state index in [2.05, 4.69) is 5.10 Å². The van der Waals surface area contributed by atoms with Crippen LogP contribution >= 0.6 is 0 Å². The lowest BCUT2D eigenvalue weighted by Crippen LogP contribution is -2.19. The first kappa shape index (κ1) is 14.1. The Morgan fingerprint density at radius 2 is 1.86 bits per heavy atom. The van der Waals surface area contributed by atoms with Crippen LogP contribution in [0.4, 0.5) is 5.69 Å². The lowest BCUT2D eigenvalue weighted by atomic mass is 10.0. The van der Waals surface area contributed by atoms with E-state index < -0.39 is 5.97 Å². The predicted molar refractivity (Wildman–Crippen MR) is 84.3 cm³/mol. The van der Waals surface area contributed by atoms with Gasteiger partial charge < -0.3 is 9.84 Å². The van der Waals surface area contributed by atoms with Crippen LogP contribution in [0.5, 0.6) is 5.75 Å². The lowest BCUT2D eigenvalue weighted by Gasteiger charge is -2.25. The van der Waals surface area contributed by atoms with Crippen LogP contribution in [-0.2, 0) is 4.79 Å². The van der Waals surface area contributed by atoms with E-state index in [-0.39, 0.29) is 11.8 Å². The zero-order chi connectivity index (χ0) is 15.5. The summed E-state index contributed by atoms with van der Waals surface area (Å²) >= 11 is 0. The van der Waals surface area contributed by atoms with Crippen LogP contribution in [0, 0.1) is 0 Å². The van der Waals surface area contributed by atoms with Crippen LogP contribution in [0.1, 0.15) is 18.0 Å². The third kappa shape index (κ3) is 2.53. The van der Waals surface area contributed by atoms with Crippen molar-refractivity contribution in [3.05, 3.63) is 60.2 Å². The van der Waals surface area contributed by atoms with Crippen molar-refractivity contribution in [3.8, 4) is 5.75 Å². The van der Waals surface area contributed by atoms with Gasteiger partial charge in [-0.05, 0) is 17.7 Å². The fraction of sp³-hybridized carbons (Fsp3) is 0.176. The van der Waals surface area contributed by atoms with Crippen LogP contribution in [-0.4, -0.2) is 23.9 Å². The number of anilines is 1. The highest BCUT2D eigenvalue weighted by molar-refractivity contribution is 6.36. The Balaban J connectivity index is 2.05. The minimum atomic E-state index is -0.988. The lowest BCUT2D eigenvalue weighted by molar-refractivity contribution is -0.129. The van der Waals surface area contributed by atoms with Crippen molar-refractivity contribution in [2.75, 3.05) is 12.1 Å². The van der Waals surface area contributed by atoms with Gasteiger partial charge in [-0.25, -0.2) is 4.79 Å². The summed E-state index contributed by atoms with van der Waals surface area (Å²) in [7, 11) is 1.59. The summed E-state index contributed by atoms with van der Waals surface area (Å²) < 4.78 is 5.38. The predicted octanol–water partition coefficient (Wildman–Crippen LogP) is 3.09. The normalized spacial score (nSPS) is 17.2. The molecular weight excluding hydrogens is 280 g/mol. The number of carboxylic acid groups (broad SMARTS) is 1. The molecule has 1 aliphatic rings. The van der Waals surface area contributed by atoms with E-state index in [1.54, 1.807) is 12.1 Å². The van der Waals surface area contributed by atoms with Gasteiger partial charge in [0.2, 0.25) is 0 Å². The van der Waals surface area contributed by atoms with Crippen LogP contribution in [0.3, 0.4) is 0 Å². The third-order valence-electron chi connectivity index (χ3n) is 3.67. The minimum absolute atomic E-state index is 0.149. The van der Waals surface area contributed by atoms with E-state index >= 15 is 0 Å². The maximum atomic E-state index is 11.3. The summed E-state index contributed by atoms with van der Waals surface area (Å²) in [5.74, 6) is -0.322. The molecule has 112 valence electrons. The van der Waals surface area contributed by atoms with Gasteiger partial charge in [-0.15, -0.1) is 0 Å². The molecule has 0 saturated carbocycles. The minimum Gasteiger partial charge on any atom is -0.495 e. The second-order valence-corrected chi connectivity index (χ2v) is 5.00. The zero-order valence-electron chi connectivity index (χ0n) is 12.1. The van der Waals surface area contributed by atoms with E-state index in [4.69, 9.17) is 4.74 Å². The molecule has 0 fully saturated rings. The Bertz CT molecular complexity index is 713. The number of carbonyl (C=O) groups is 1. The van der Waals surface area contributed by atoms with Crippen molar-refractivity contribution in [1.82, 2.24) is 0 Å². The Kier molecular flexibility index (Phi) is 3.78. The summed E-state index contributed by atoms with van der Waals surface area (Å²) in [6.45, 7) is 0. The molecule has 2 aromatic rings. The number of carboxylic acids is 1. The number of para-hydroxylation sites is 2. The largest absolute Gasteiger partial charge is 0.495 e. The number of benzene rings is 2. The van der Waals surface area contributed by atoms with E-state index in [9.17, 15) is 9.90 Å². The molecule has 1 N–H and O–H groups in total. The topological polar surface area (TPSA) is 62.1 Å². The van der Waals surface area contributed by atoms with Gasteiger partial charge in [0.15, 0.2) is 0 Å². The monoisotopic (exact) mass is 296 g/mol. The molecule has 3 rings (SSSR count).